The van der Waals surface area contributed by atoms with Gasteiger partial charge in [0.15, 0.2) is 0 Å². The number of anilines is 2. The quantitative estimate of drug-likeness (QED) is 0.518. The molecule has 4 rings (SSSR count). The van der Waals surface area contributed by atoms with E-state index in [-0.39, 0.29) is 43.5 Å². The molecule has 1 heterocycles. The maximum Gasteiger partial charge on any atom is 0.243 e. The highest BCUT2D eigenvalue weighted by Gasteiger charge is 2.30. The summed E-state index contributed by atoms with van der Waals surface area (Å²) in [4.78, 5) is 16.5. The number of benzene rings is 3. The van der Waals surface area contributed by atoms with Gasteiger partial charge in [0, 0.05) is 39.8 Å². The average Bonchev–Trinajstić information content (AvgIpc) is 2.88. The number of hydrogen-bond acceptors (Lipinski definition) is 5. The molecule has 35 heavy (non-hydrogen) atoms. The van der Waals surface area contributed by atoms with Crippen LogP contribution in [0.1, 0.15) is 5.56 Å². The largest absolute Gasteiger partial charge is 0.374 e. The van der Waals surface area contributed by atoms with Crippen LogP contribution in [0.15, 0.2) is 83.8 Å². The van der Waals surface area contributed by atoms with E-state index in [1.165, 1.54) is 28.1 Å². The predicted octanol–water partition coefficient (Wildman–Crippen LogP) is 3.41. The smallest absolute Gasteiger partial charge is 0.243 e. The molecule has 0 bridgehead atoms. The highest BCUT2D eigenvalue weighted by Crippen LogP contribution is 2.26. The van der Waals surface area contributed by atoms with Crippen molar-refractivity contribution in [2.45, 2.75) is 11.4 Å². The maximum atomic E-state index is 13.5. The van der Waals surface area contributed by atoms with Crippen LogP contribution in [0.4, 0.5) is 15.8 Å². The van der Waals surface area contributed by atoms with Crippen molar-refractivity contribution in [3.05, 3.63) is 90.2 Å². The number of piperazine rings is 1. The van der Waals surface area contributed by atoms with E-state index in [0.29, 0.717) is 0 Å². The Morgan fingerprint density at radius 3 is 2.34 bits per heavy atom. The van der Waals surface area contributed by atoms with E-state index in [1.54, 1.807) is 4.90 Å². The van der Waals surface area contributed by atoms with Gasteiger partial charge < -0.3 is 15.1 Å². The molecule has 0 atom stereocenters. The van der Waals surface area contributed by atoms with Crippen molar-refractivity contribution in [2.24, 2.45) is 0 Å². The zero-order valence-corrected chi connectivity index (χ0v) is 20.4. The molecular formula is C26H29FN4O3S. The van der Waals surface area contributed by atoms with Gasteiger partial charge in [0.25, 0.3) is 0 Å². The molecule has 1 aliphatic heterocycles. The number of carbonyl (C=O) groups excluding carboxylic acids is 1. The number of halogens is 1. The fourth-order valence-electron chi connectivity index (χ4n) is 4.14. The first-order valence-electron chi connectivity index (χ1n) is 11.5. The zero-order valence-electron chi connectivity index (χ0n) is 19.6. The predicted molar refractivity (Wildman–Crippen MR) is 135 cm³/mol. The topological polar surface area (TPSA) is 73.0 Å². The van der Waals surface area contributed by atoms with Gasteiger partial charge >= 0.3 is 0 Å². The van der Waals surface area contributed by atoms with E-state index in [4.69, 9.17) is 0 Å². The van der Waals surface area contributed by atoms with E-state index >= 15 is 0 Å². The summed E-state index contributed by atoms with van der Waals surface area (Å²) in [5, 5.41) is 3.24. The van der Waals surface area contributed by atoms with E-state index < -0.39 is 15.8 Å². The van der Waals surface area contributed by atoms with Crippen LogP contribution in [0.3, 0.4) is 0 Å². The molecule has 1 N–H and O–H groups in total. The molecule has 0 unspecified atom stereocenters. The second kappa shape index (κ2) is 10.9. The van der Waals surface area contributed by atoms with Crippen LogP contribution in [0.5, 0.6) is 0 Å². The monoisotopic (exact) mass is 496 g/mol. The van der Waals surface area contributed by atoms with Gasteiger partial charge in [0.1, 0.15) is 5.82 Å². The average molecular weight is 497 g/mol. The zero-order chi connectivity index (χ0) is 24.8. The second-order valence-electron chi connectivity index (χ2n) is 8.45. The van der Waals surface area contributed by atoms with Gasteiger partial charge in [-0.3, -0.25) is 4.79 Å². The number of nitrogens with zero attached hydrogens (tertiary/aromatic N) is 3. The number of para-hydroxylation sites is 2. The van der Waals surface area contributed by atoms with Crippen LogP contribution >= 0.6 is 0 Å². The Labute approximate surface area is 205 Å². The lowest BCUT2D eigenvalue weighted by Crippen LogP contribution is -2.51. The summed E-state index contributed by atoms with van der Waals surface area (Å²) in [6.45, 7) is 1.74. The molecule has 1 amide bonds. The summed E-state index contributed by atoms with van der Waals surface area (Å²) in [6, 6.07) is 23.0. The third kappa shape index (κ3) is 5.98. The van der Waals surface area contributed by atoms with Crippen LogP contribution in [0.25, 0.3) is 0 Å². The third-order valence-electron chi connectivity index (χ3n) is 6.03. The molecule has 9 heteroatoms. The van der Waals surface area contributed by atoms with Gasteiger partial charge in [-0.1, -0.05) is 48.5 Å². The lowest BCUT2D eigenvalue weighted by atomic mass is 10.2. The van der Waals surface area contributed by atoms with Crippen LogP contribution in [-0.4, -0.2) is 63.3 Å². The molecule has 0 radical (unpaired) electrons. The van der Waals surface area contributed by atoms with E-state index in [0.717, 1.165) is 24.0 Å². The van der Waals surface area contributed by atoms with Crippen LogP contribution in [0.2, 0.25) is 0 Å². The Hall–Kier alpha value is -3.43. The van der Waals surface area contributed by atoms with E-state index in [2.05, 4.69) is 22.3 Å². The standard InChI is InChI=1S/C26H29FN4O3S/c1-29(20-21-8-3-2-4-9-21)25-13-6-5-12-24(25)28-19-26(32)30-14-16-31(17-15-30)35(33,34)23-11-7-10-22(27)18-23/h2-13,18,28H,14-17,19-20H2,1H3. The highest BCUT2D eigenvalue weighted by molar-refractivity contribution is 7.89. The van der Waals surface area contributed by atoms with Crippen molar-refractivity contribution in [3.8, 4) is 0 Å². The fourth-order valence-corrected chi connectivity index (χ4v) is 5.59. The number of nitrogens with one attached hydrogen (secondary N) is 1. The number of amides is 1. The summed E-state index contributed by atoms with van der Waals surface area (Å²) in [5.74, 6) is -0.700. The Bertz CT molecular complexity index is 1260. The van der Waals surface area contributed by atoms with Crippen LogP contribution in [-0.2, 0) is 21.4 Å². The molecule has 3 aromatic rings. The molecule has 3 aromatic carbocycles. The van der Waals surface area contributed by atoms with Gasteiger partial charge in [-0.05, 0) is 35.9 Å². The first-order valence-corrected chi connectivity index (χ1v) is 12.9. The molecular weight excluding hydrogens is 467 g/mol. The minimum Gasteiger partial charge on any atom is -0.374 e. The van der Waals surface area contributed by atoms with Crippen molar-refractivity contribution in [3.63, 3.8) is 0 Å². The molecule has 1 aliphatic rings. The lowest BCUT2D eigenvalue weighted by molar-refractivity contribution is -0.130. The van der Waals surface area contributed by atoms with E-state index in [1.807, 2.05) is 49.5 Å². The van der Waals surface area contributed by atoms with Crippen LogP contribution < -0.4 is 10.2 Å². The molecule has 0 saturated carbocycles. The van der Waals surface area contributed by atoms with Gasteiger partial charge in [0.2, 0.25) is 15.9 Å². The van der Waals surface area contributed by atoms with Crippen molar-refractivity contribution in [1.29, 1.82) is 0 Å². The van der Waals surface area contributed by atoms with Gasteiger partial charge in [0.05, 0.1) is 22.8 Å². The first kappa shape index (κ1) is 24.7. The summed E-state index contributed by atoms with van der Waals surface area (Å²) in [6.07, 6.45) is 0. The Kier molecular flexibility index (Phi) is 7.67. The fraction of sp³-hybridized carbons (Fsp3) is 0.269. The summed E-state index contributed by atoms with van der Waals surface area (Å²) >= 11 is 0. The molecule has 7 nitrogen and oxygen atoms in total. The van der Waals surface area contributed by atoms with E-state index in [9.17, 15) is 17.6 Å². The lowest BCUT2D eigenvalue weighted by Gasteiger charge is -2.34. The third-order valence-corrected chi connectivity index (χ3v) is 7.93. The molecule has 0 aromatic heterocycles. The Morgan fingerprint density at radius 2 is 1.63 bits per heavy atom. The van der Waals surface area contributed by atoms with Crippen molar-refractivity contribution < 1.29 is 17.6 Å². The number of hydrogen-bond donors (Lipinski definition) is 1. The summed E-state index contributed by atoms with van der Waals surface area (Å²) < 4.78 is 40.4. The van der Waals surface area contributed by atoms with Crippen molar-refractivity contribution >= 4 is 27.3 Å². The summed E-state index contributed by atoms with van der Waals surface area (Å²) in [5.41, 5.74) is 3.02. The van der Waals surface area contributed by atoms with Crippen LogP contribution in [0, 0.1) is 5.82 Å². The molecule has 0 spiro atoms. The number of rotatable bonds is 8. The molecule has 1 saturated heterocycles. The minimum absolute atomic E-state index is 0.0739. The summed E-state index contributed by atoms with van der Waals surface area (Å²) in [7, 11) is -1.79. The van der Waals surface area contributed by atoms with Crippen molar-refractivity contribution in [1.82, 2.24) is 9.21 Å². The molecule has 184 valence electrons. The molecule has 0 aliphatic carbocycles. The number of carbonyl (C=O) groups is 1. The Balaban J connectivity index is 1.33. The normalized spacial score (nSPS) is 14.5. The minimum atomic E-state index is -3.80. The maximum absolute atomic E-state index is 13.5. The SMILES string of the molecule is CN(Cc1ccccc1)c1ccccc1NCC(=O)N1CCN(S(=O)(=O)c2cccc(F)c2)CC1. The second-order valence-corrected chi connectivity index (χ2v) is 10.4. The first-order chi connectivity index (χ1) is 16.8. The van der Waals surface area contributed by atoms with Gasteiger partial charge in [-0.2, -0.15) is 4.31 Å². The van der Waals surface area contributed by atoms with Crippen molar-refractivity contribution in [2.75, 3.05) is 50.0 Å². The van der Waals surface area contributed by atoms with Gasteiger partial charge in [-0.25, -0.2) is 12.8 Å². The Morgan fingerprint density at radius 1 is 0.943 bits per heavy atom. The highest BCUT2D eigenvalue weighted by atomic mass is 32.2. The number of sulfonamides is 1. The molecule has 1 fully saturated rings. The van der Waals surface area contributed by atoms with Gasteiger partial charge in [-0.15, -0.1) is 0 Å².